The molecule has 0 fully saturated rings. The second-order valence-corrected chi connectivity index (χ2v) is 8.75. The lowest BCUT2D eigenvalue weighted by atomic mass is 9.89. The van der Waals surface area contributed by atoms with Gasteiger partial charge >= 0.3 is 0 Å². The number of fused-ring (bicyclic) bond motifs is 3. The van der Waals surface area contributed by atoms with Crippen molar-refractivity contribution in [3.05, 3.63) is 62.3 Å². The number of benzene rings is 1. The second-order valence-electron chi connectivity index (χ2n) is 7.67. The largest absolute Gasteiger partial charge is 0.309 e. The van der Waals surface area contributed by atoms with Gasteiger partial charge in [-0.1, -0.05) is 25.1 Å². The molecule has 0 saturated heterocycles. The summed E-state index contributed by atoms with van der Waals surface area (Å²) >= 11 is 1.66. The zero-order valence-corrected chi connectivity index (χ0v) is 16.7. The van der Waals surface area contributed by atoms with Gasteiger partial charge < -0.3 is 4.98 Å². The molecule has 142 valence electrons. The van der Waals surface area contributed by atoms with Gasteiger partial charge in [-0.15, -0.1) is 11.3 Å². The predicted octanol–water partition coefficient (Wildman–Crippen LogP) is 4.44. The van der Waals surface area contributed by atoms with Crippen LogP contribution in [0.4, 0.5) is 4.39 Å². The van der Waals surface area contributed by atoms with Gasteiger partial charge in [0.05, 0.1) is 11.4 Å². The summed E-state index contributed by atoms with van der Waals surface area (Å²) in [7, 11) is 1.92. The van der Waals surface area contributed by atoms with Crippen molar-refractivity contribution in [1.82, 2.24) is 14.9 Å². The van der Waals surface area contributed by atoms with Gasteiger partial charge in [0.2, 0.25) is 0 Å². The van der Waals surface area contributed by atoms with Crippen LogP contribution < -0.4 is 5.56 Å². The summed E-state index contributed by atoms with van der Waals surface area (Å²) in [5, 5.41) is 0.773. The minimum Gasteiger partial charge on any atom is -0.309 e. The first kappa shape index (κ1) is 18.3. The molecule has 0 spiro atoms. The summed E-state index contributed by atoms with van der Waals surface area (Å²) in [5.41, 5.74) is 1.78. The maximum absolute atomic E-state index is 14.0. The molecule has 0 unspecified atom stereocenters. The number of aromatic amines is 1. The summed E-state index contributed by atoms with van der Waals surface area (Å²) < 4.78 is 14.0. The highest BCUT2D eigenvalue weighted by Crippen LogP contribution is 2.36. The van der Waals surface area contributed by atoms with Crippen LogP contribution in [0.25, 0.3) is 10.2 Å². The smallest absolute Gasteiger partial charge is 0.259 e. The molecule has 0 radical (unpaired) electrons. The van der Waals surface area contributed by atoms with E-state index in [1.807, 2.05) is 24.9 Å². The molecule has 0 saturated carbocycles. The van der Waals surface area contributed by atoms with Crippen LogP contribution in [-0.2, 0) is 19.4 Å². The molecule has 27 heavy (non-hydrogen) atoms. The molecular formula is C21H24FN3OS. The van der Waals surface area contributed by atoms with Crippen molar-refractivity contribution < 1.29 is 4.39 Å². The van der Waals surface area contributed by atoms with Gasteiger partial charge in [-0.3, -0.25) is 9.69 Å². The number of thiophene rings is 1. The molecule has 2 heterocycles. The van der Waals surface area contributed by atoms with Crippen molar-refractivity contribution in [2.75, 3.05) is 7.05 Å². The Kier molecular flexibility index (Phi) is 4.86. The Morgan fingerprint density at radius 3 is 2.96 bits per heavy atom. The molecule has 1 N–H and O–H groups in total. The van der Waals surface area contributed by atoms with Crippen molar-refractivity contribution in [3.63, 3.8) is 0 Å². The number of hydrogen-bond donors (Lipinski definition) is 1. The number of H-pyrrole nitrogens is 1. The highest BCUT2D eigenvalue weighted by Gasteiger charge is 2.24. The third-order valence-corrected chi connectivity index (χ3v) is 6.77. The van der Waals surface area contributed by atoms with Gasteiger partial charge in [-0.05, 0) is 50.8 Å². The lowest BCUT2D eigenvalue weighted by Crippen LogP contribution is -2.26. The van der Waals surface area contributed by atoms with Gasteiger partial charge in [-0.2, -0.15) is 0 Å². The minimum atomic E-state index is -0.214. The monoisotopic (exact) mass is 385 g/mol. The maximum Gasteiger partial charge on any atom is 0.259 e. The number of nitrogens with zero attached hydrogens (tertiary/aromatic N) is 2. The van der Waals surface area contributed by atoms with E-state index in [4.69, 9.17) is 4.98 Å². The highest BCUT2D eigenvalue weighted by molar-refractivity contribution is 7.18. The molecule has 1 aliphatic rings. The van der Waals surface area contributed by atoms with Gasteiger partial charge in [0.25, 0.3) is 5.56 Å². The van der Waals surface area contributed by atoms with Crippen molar-refractivity contribution >= 4 is 21.6 Å². The normalized spacial score (nSPS) is 18.0. The van der Waals surface area contributed by atoms with E-state index in [0.717, 1.165) is 29.5 Å². The molecule has 4 rings (SSSR count). The number of aryl methyl sites for hydroxylation is 1. The first-order chi connectivity index (χ1) is 12.9. The SMILES string of the molecule is C[C@H]1CCc2c(sc3nc([C@H](C)N(C)Cc4ccccc4F)[nH]c(=O)c23)C1. The first-order valence-electron chi connectivity index (χ1n) is 9.42. The molecule has 3 aromatic rings. The molecule has 0 amide bonds. The average Bonchev–Trinajstić information content (AvgIpc) is 3.00. The fourth-order valence-corrected chi connectivity index (χ4v) is 5.19. The summed E-state index contributed by atoms with van der Waals surface area (Å²) in [6, 6.07) is 6.65. The molecule has 0 bridgehead atoms. The molecule has 4 nitrogen and oxygen atoms in total. The lowest BCUT2D eigenvalue weighted by molar-refractivity contribution is 0.240. The van der Waals surface area contributed by atoms with Crippen LogP contribution in [0.1, 0.15) is 48.1 Å². The van der Waals surface area contributed by atoms with E-state index in [0.29, 0.717) is 23.9 Å². The third kappa shape index (κ3) is 3.44. The van der Waals surface area contributed by atoms with Crippen LogP contribution in [0.15, 0.2) is 29.1 Å². The van der Waals surface area contributed by atoms with Gasteiger partial charge in [-0.25, -0.2) is 9.37 Å². The van der Waals surface area contributed by atoms with Crippen LogP contribution in [0, 0.1) is 11.7 Å². The summed E-state index contributed by atoms with van der Waals surface area (Å²) in [5.74, 6) is 1.08. The zero-order valence-electron chi connectivity index (χ0n) is 15.9. The highest BCUT2D eigenvalue weighted by atomic mass is 32.1. The van der Waals surface area contributed by atoms with Gasteiger partial charge in [0.15, 0.2) is 0 Å². The number of aromatic nitrogens is 2. The quantitative estimate of drug-likeness (QED) is 0.722. The van der Waals surface area contributed by atoms with E-state index >= 15 is 0 Å². The van der Waals surface area contributed by atoms with Crippen molar-refractivity contribution in [3.8, 4) is 0 Å². The minimum absolute atomic E-state index is 0.0480. The molecule has 1 aliphatic carbocycles. The van der Waals surface area contributed by atoms with Crippen LogP contribution in [-0.4, -0.2) is 21.9 Å². The second kappa shape index (κ2) is 7.17. The van der Waals surface area contributed by atoms with Crippen LogP contribution >= 0.6 is 11.3 Å². The number of halogens is 1. The fourth-order valence-electron chi connectivity index (χ4n) is 3.80. The Labute approximate surface area is 162 Å². The molecule has 2 aromatic heterocycles. The Morgan fingerprint density at radius 1 is 1.41 bits per heavy atom. The average molecular weight is 386 g/mol. The summed E-state index contributed by atoms with van der Waals surface area (Å²) in [6.07, 6.45) is 3.12. The lowest BCUT2D eigenvalue weighted by Gasteiger charge is -2.24. The van der Waals surface area contributed by atoms with Crippen LogP contribution in [0.5, 0.6) is 0 Å². The number of rotatable bonds is 4. The van der Waals surface area contributed by atoms with E-state index in [9.17, 15) is 9.18 Å². The first-order valence-corrected chi connectivity index (χ1v) is 10.2. The predicted molar refractivity (Wildman–Crippen MR) is 108 cm³/mol. The van der Waals surface area contributed by atoms with Crippen LogP contribution in [0.2, 0.25) is 0 Å². The zero-order chi connectivity index (χ0) is 19.1. The standard InChI is InChI=1S/C21H24FN3OS/c1-12-8-9-15-17(10-12)27-21-18(15)20(26)23-19(24-21)13(2)25(3)11-14-6-4-5-7-16(14)22/h4-7,12-13H,8-11H2,1-3H3,(H,23,24,26)/t12-,13-/m0/s1. The van der Waals surface area contributed by atoms with E-state index < -0.39 is 0 Å². The number of hydrogen-bond acceptors (Lipinski definition) is 4. The Morgan fingerprint density at radius 2 is 2.19 bits per heavy atom. The molecule has 0 aliphatic heterocycles. The van der Waals surface area contributed by atoms with E-state index in [1.165, 1.54) is 16.5 Å². The Balaban J connectivity index is 1.65. The van der Waals surface area contributed by atoms with E-state index in [2.05, 4.69) is 11.9 Å². The Bertz CT molecular complexity index is 1040. The molecule has 1 aromatic carbocycles. The van der Waals surface area contributed by atoms with Crippen LogP contribution in [0.3, 0.4) is 0 Å². The van der Waals surface area contributed by atoms with Crippen molar-refractivity contribution in [2.24, 2.45) is 5.92 Å². The number of nitrogens with one attached hydrogen (secondary N) is 1. The summed E-state index contributed by atoms with van der Waals surface area (Å²) in [4.78, 5) is 24.7. The topological polar surface area (TPSA) is 49.0 Å². The van der Waals surface area contributed by atoms with Crippen molar-refractivity contribution in [1.29, 1.82) is 0 Å². The van der Waals surface area contributed by atoms with Gasteiger partial charge in [0.1, 0.15) is 16.5 Å². The van der Waals surface area contributed by atoms with Gasteiger partial charge in [0, 0.05) is 17.0 Å². The van der Waals surface area contributed by atoms with E-state index in [1.54, 1.807) is 23.5 Å². The van der Waals surface area contributed by atoms with E-state index in [-0.39, 0.29) is 17.4 Å². The summed E-state index contributed by atoms with van der Waals surface area (Å²) in [6.45, 7) is 4.70. The molecular weight excluding hydrogens is 361 g/mol. The third-order valence-electron chi connectivity index (χ3n) is 5.62. The fraction of sp³-hybridized carbons (Fsp3) is 0.429. The Hall–Kier alpha value is -2.05. The van der Waals surface area contributed by atoms with Crippen molar-refractivity contribution in [2.45, 2.75) is 45.7 Å². The maximum atomic E-state index is 14.0. The molecule has 2 atom stereocenters. The molecule has 6 heteroatoms.